The van der Waals surface area contributed by atoms with Crippen LogP contribution in [0, 0.1) is 5.92 Å². The van der Waals surface area contributed by atoms with Crippen LogP contribution < -0.4 is 26.4 Å². The normalized spacial score (nSPS) is 14.5. The van der Waals surface area contributed by atoms with Gasteiger partial charge in [-0.3, -0.25) is 4.79 Å². The van der Waals surface area contributed by atoms with E-state index in [4.69, 9.17) is 14.9 Å². The van der Waals surface area contributed by atoms with Crippen LogP contribution in [0.25, 0.3) is 22.1 Å². The predicted molar refractivity (Wildman–Crippen MR) is 132 cm³/mol. The third-order valence-corrected chi connectivity index (χ3v) is 6.17. The molecule has 7 nitrogen and oxygen atoms in total. The number of carbonyl (C=O) groups excluding carboxylic acids is 1. The van der Waals surface area contributed by atoms with Gasteiger partial charge < -0.3 is 30.8 Å². The van der Waals surface area contributed by atoms with Crippen LogP contribution in [0.4, 0.5) is 0 Å². The highest BCUT2D eigenvalue weighted by atomic mass is 16.5. The first-order chi connectivity index (χ1) is 16.2. The van der Waals surface area contributed by atoms with Gasteiger partial charge in [0.1, 0.15) is 11.3 Å². The average Bonchev–Trinajstić information content (AvgIpc) is 3.28. The molecule has 1 aliphatic rings. The molecule has 1 aromatic heterocycles. The molecule has 0 spiro atoms. The topological polar surface area (TPSA) is 102 Å². The Morgan fingerprint density at radius 1 is 1.15 bits per heavy atom. The monoisotopic (exact) mass is 450 g/mol. The molecule has 7 heteroatoms. The number of nitrogens with two attached hydrogens (primary N) is 1. The first kappa shape index (κ1) is 23.3. The first-order valence-electron chi connectivity index (χ1n) is 11.8. The molecule has 2 aromatic carbocycles. The van der Waals surface area contributed by atoms with Gasteiger partial charge in [-0.05, 0) is 92.8 Å². The summed E-state index contributed by atoms with van der Waals surface area (Å²) < 4.78 is 11.7. The molecule has 1 amide bonds. The van der Waals surface area contributed by atoms with Gasteiger partial charge in [-0.2, -0.15) is 0 Å². The number of fused-ring (bicyclic) bond motifs is 1. The summed E-state index contributed by atoms with van der Waals surface area (Å²) in [7, 11) is 1.60. The maximum absolute atomic E-state index is 11.9. The fourth-order valence-corrected chi connectivity index (χ4v) is 4.26. The Balaban J connectivity index is 1.54. The van der Waals surface area contributed by atoms with E-state index < -0.39 is 0 Å². The number of rotatable bonds is 10. The third-order valence-electron chi connectivity index (χ3n) is 6.17. The van der Waals surface area contributed by atoms with Gasteiger partial charge in [-0.1, -0.05) is 12.1 Å². The van der Waals surface area contributed by atoms with Crippen molar-refractivity contribution in [3.05, 3.63) is 53.8 Å². The minimum Gasteiger partial charge on any atom is -0.493 e. The van der Waals surface area contributed by atoms with Crippen LogP contribution in [0.3, 0.4) is 0 Å². The molecule has 4 rings (SSSR count). The fourth-order valence-electron chi connectivity index (χ4n) is 4.26. The molecule has 2 heterocycles. The summed E-state index contributed by atoms with van der Waals surface area (Å²) in [6.07, 6.45) is 3.26. The van der Waals surface area contributed by atoms with Gasteiger partial charge in [0.25, 0.3) is 5.91 Å². The standard InChI is InChI=1S/C26H34N4O3/c1-28-26(31)25-15-21-13-19(4-6-24(21)33-25)20-3-5-23(32-12-2-9-27)22(14-20)17-30-16-18-7-10-29-11-8-18/h3-6,13-15,18,29-30H,2,7-12,16-17,27H2,1H3,(H,28,31). The molecule has 176 valence electrons. The van der Waals surface area contributed by atoms with Crippen LogP contribution in [0.5, 0.6) is 5.75 Å². The van der Waals surface area contributed by atoms with Crippen molar-refractivity contribution in [2.24, 2.45) is 11.7 Å². The van der Waals surface area contributed by atoms with Crippen LogP contribution >= 0.6 is 0 Å². The van der Waals surface area contributed by atoms with E-state index in [0.29, 0.717) is 30.4 Å². The van der Waals surface area contributed by atoms with Crippen LogP contribution in [0.2, 0.25) is 0 Å². The Morgan fingerprint density at radius 3 is 2.73 bits per heavy atom. The summed E-state index contributed by atoms with van der Waals surface area (Å²) in [5.74, 6) is 1.70. The zero-order valence-corrected chi connectivity index (χ0v) is 19.3. The number of hydrogen-bond acceptors (Lipinski definition) is 6. The Labute approximate surface area is 195 Å². The molecule has 1 aliphatic heterocycles. The molecule has 0 aliphatic carbocycles. The summed E-state index contributed by atoms with van der Waals surface area (Å²) in [6.45, 7) is 5.20. The van der Waals surface area contributed by atoms with Crippen molar-refractivity contribution in [1.82, 2.24) is 16.0 Å². The van der Waals surface area contributed by atoms with Crippen molar-refractivity contribution in [1.29, 1.82) is 0 Å². The zero-order chi connectivity index (χ0) is 23.0. The summed E-state index contributed by atoms with van der Waals surface area (Å²) in [5.41, 5.74) is 9.64. The Morgan fingerprint density at radius 2 is 1.94 bits per heavy atom. The molecular formula is C26H34N4O3. The van der Waals surface area contributed by atoms with Gasteiger partial charge in [0.2, 0.25) is 0 Å². The molecule has 1 saturated heterocycles. The van der Waals surface area contributed by atoms with Crippen LogP contribution in [0.1, 0.15) is 35.4 Å². The average molecular weight is 451 g/mol. The Hall–Kier alpha value is -2.87. The largest absolute Gasteiger partial charge is 0.493 e. The lowest BCUT2D eigenvalue weighted by molar-refractivity contribution is 0.0938. The van der Waals surface area contributed by atoms with Gasteiger partial charge >= 0.3 is 0 Å². The molecule has 0 saturated carbocycles. The maximum atomic E-state index is 11.9. The highest BCUT2D eigenvalue weighted by Gasteiger charge is 2.14. The summed E-state index contributed by atoms with van der Waals surface area (Å²) in [6, 6.07) is 14.1. The molecule has 0 radical (unpaired) electrons. The van der Waals surface area contributed by atoms with E-state index in [-0.39, 0.29) is 5.91 Å². The van der Waals surface area contributed by atoms with Crippen LogP contribution in [0.15, 0.2) is 46.9 Å². The molecular weight excluding hydrogens is 416 g/mol. The van der Waals surface area contributed by atoms with Gasteiger partial charge in [0.05, 0.1) is 6.61 Å². The van der Waals surface area contributed by atoms with Crippen molar-refractivity contribution >= 4 is 16.9 Å². The number of nitrogens with one attached hydrogen (secondary N) is 3. The fraction of sp³-hybridized carbons (Fsp3) is 0.423. The molecule has 1 fully saturated rings. The second kappa shape index (κ2) is 11.3. The van der Waals surface area contributed by atoms with Gasteiger partial charge in [0.15, 0.2) is 5.76 Å². The number of furan rings is 1. The minimum absolute atomic E-state index is 0.228. The number of carbonyl (C=O) groups is 1. The zero-order valence-electron chi connectivity index (χ0n) is 19.3. The quantitative estimate of drug-likeness (QED) is 0.354. The number of amides is 1. The van der Waals surface area contributed by atoms with E-state index >= 15 is 0 Å². The smallest absolute Gasteiger partial charge is 0.286 e. The van der Waals surface area contributed by atoms with Crippen LogP contribution in [-0.2, 0) is 6.54 Å². The number of benzene rings is 2. The number of ether oxygens (including phenoxy) is 1. The van der Waals surface area contributed by atoms with Crippen molar-refractivity contribution in [3.63, 3.8) is 0 Å². The van der Waals surface area contributed by atoms with Crippen molar-refractivity contribution in [3.8, 4) is 16.9 Å². The molecule has 3 aromatic rings. The summed E-state index contributed by atoms with van der Waals surface area (Å²) in [4.78, 5) is 11.9. The van der Waals surface area contributed by atoms with Gasteiger partial charge in [-0.15, -0.1) is 0 Å². The SMILES string of the molecule is CNC(=O)c1cc2cc(-c3ccc(OCCCN)c(CNCC4CCNCC4)c3)ccc2o1. The second-order valence-corrected chi connectivity index (χ2v) is 8.58. The third kappa shape index (κ3) is 5.93. The lowest BCUT2D eigenvalue weighted by atomic mass is 9.98. The summed E-state index contributed by atoms with van der Waals surface area (Å²) >= 11 is 0. The predicted octanol–water partition coefficient (Wildman–Crippen LogP) is 3.28. The van der Waals surface area contributed by atoms with E-state index in [1.807, 2.05) is 18.2 Å². The van der Waals surface area contributed by atoms with E-state index in [1.54, 1.807) is 13.1 Å². The van der Waals surface area contributed by atoms with E-state index in [1.165, 1.54) is 12.8 Å². The second-order valence-electron chi connectivity index (χ2n) is 8.58. The van der Waals surface area contributed by atoms with E-state index in [0.717, 1.165) is 60.4 Å². The van der Waals surface area contributed by atoms with E-state index in [2.05, 4.69) is 34.1 Å². The number of piperidine rings is 1. The van der Waals surface area contributed by atoms with Crippen LogP contribution in [-0.4, -0.2) is 45.7 Å². The van der Waals surface area contributed by atoms with Crippen molar-refractivity contribution in [2.75, 3.05) is 39.8 Å². The highest BCUT2D eigenvalue weighted by Crippen LogP contribution is 2.30. The summed E-state index contributed by atoms with van der Waals surface area (Å²) in [5, 5.41) is 10.6. The first-order valence-corrected chi connectivity index (χ1v) is 11.8. The molecule has 33 heavy (non-hydrogen) atoms. The highest BCUT2D eigenvalue weighted by molar-refractivity contribution is 5.96. The number of hydrogen-bond donors (Lipinski definition) is 4. The van der Waals surface area contributed by atoms with Gasteiger partial charge in [0, 0.05) is 24.5 Å². The minimum atomic E-state index is -0.228. The van der Waals surface area contributed by atoms with Crippen molar-refractivity contribution < 1.29 is 13.9 Å². The lowest BCUT2D eigenvalue weighted by Gasteiger charge is -2.23. The Bertz CT molecular complexity index is 1070. The van der Waals surface area contributed by atoms with E-state index in [9.17, 15) is 4.79 Å². The molecule has 5 N–H and O–H groups in total. The van der Waals surface area contributed by atoms with Gasteiger partial charge in [-0.25, -0.2) is 0 Å². The molecule has 0 unspecified atom stereocenters. The Kier molecular flexibility index (Phi) is 7.99. The maximum Gasteiger partial charge on any atom is 0.286 e. The van der Waals surface area contributed by atoms with Crippen molar-refractivity contribution in [2.45, 2.75) is 25.8 Å². The molecule has 0 atom stereocenters. The lowest BCUT2D eigenvalue weighted by Crippen LogP contribution is -2.33. The molecule has 0 bridgehead atoms.